The van der Waals surface area contributed by atoms with Crippen molar-refractivity contribution in [1.82, 2.24) is 20.4 Å². The highest BCUT2D eigenvalue weighted by Gasteiger charge is 2.14. The smallest absolute Gasteiger partial charge is 0.267 e. The number of anilines is 1. The third-order valence-electron chi connectivity index (χ3n) is 3.82. The van der Waals surface area contributed by atoms with Gasteiger partial charge in [-0.3, -0.25) is 15.6 Å². The van der Waals surface area contributed by atoms with Gasteiger partial charge in [0.15, 0.2) is 0 Å². The second-order valence-corrected chi connectivity index (χ2v) is 7.31. The molecule has 6 nitrogen and oxygen atoms in total. The summed E-state index contributed by atoms with van der Waals surface area (Å²) in [6, 6.07) is 11.6. The van der Waals surface area contributed by atoms with E-state index < -0.39 is 0 Å². The number of hydrazine groups is 1. The van der Waals surface area contributed by atoms with Crippen LogP contribution in [0.25, 0.3) is 0 Å². The number of aryl methyl sites for hydroxylation is 4. The molecule has 2 aromatic heterocycles. The molecule has 0 fully saturated rings. The number of benzene rings is 1. The zero-order valence-electron chi connectivity index (χ0n) is 15.7. The zero-order valence-corrected chi connectivity index (χ0v) is 16.5. The van der Waals surface area contributed by atoms with Crippen molar-refractivity contribution >= 4 is 23.6 Å². The monoisotopic (exact) mass is 379 g/mol. The SMILES string of the molecule is Cc1ccc(Sc2ncccc2C(=O)NNc2nc(C)cc(C)n2)c(C)c1. The second kappa shape index (κ2) is 8.18. The third-order valence-corrected chi connectivity index (χ3v) is 5.02. The Kier molecular flexibility index (Phi) is 5.71. The molecule has 0 aliphatic heterocycles. The summed E-state index contributed by atoms with van der Waals surface area (Å²) < 4.78 is 0. The minimum absolute atomic E-state index is 0.293. The number of rotatable bonds is 5. The van der Waals surface area contributed by atoms with Crippen molar-refractivity contribution in [2.24, 2.45) is 0 Å². The van der Waals surface area contributed by atoms with Gasteiger partial charge in [0.2, 0.25) is 5.95 Å². The van der Waals surface area contributed by atoms with E-state index in [-0.39, 0.29) is 5.91 Å². The van der Waals surface area contributed by atoms with Crippen LogP contribution >= 0.6 is 11.8 Å². The minimum atomic E-state index is -0.293. The van der Waals surface area contributed by atoms with Crippen LogP contribution in [0.2, 0.25) is 0 Å². The summed E-state index contributed by atoms with van der Waals surface area (Å²) in [4.78, 5) is 26.6. The van der Waals surface area contributed by atoms with Crippen LogP contribution in [0.15, 0.2) is 52.5 Å². The Morgan fingerprint density at radius 2 is 1.74 bits per heavy atom. The Bertz CT molecular complexity index is 970. The number of carbonyl (C=O) groups excluding carboxylic acids is 1. The number of aromatic nitrogens is 3. The highest BCUT2D eigenvalue weighted by molar-refractivity contribution is 7.99. The maximum atomic E-state index is 12.7. The van der Waals surface area contributed by atoms with Gasteiger partial charge < -0.3 is 0 Å². The molecule has 2 N–H and O–H groups in total. The second-order valence-electron chi connectivity index (χ2n) is 6.28. The third kappa shape index (κ3) is 4.83. The molecule has 0 radical (unpaired) electrons. The number of hydrogen-bond donors (Lipinski definition) is 2. The number of hydrogen-bond acceptors (Lipinski definition) is 6. The number of nitrogens with zero attached hydrogens (tertiary/aromatic N) is 3. The number of amides is 1. The fraction of sp³-hybridized carbons (Fsp3) is 0.200. The topological polar surface area (TPSA) is 79.8 Å². The predicted octanol–water partition coefficient (Wildman–Crippen LogP) is 4.01. The van der Waals surface area contributed by atoms with Gasteiger partial charge in [-0.05, 0) is 57.5 Å². The molecule has 2 heterocycles. The lowest BCUT2D eigenvalue weighted by atomic mass is 10.2. The van der Waals surface area contributed by atoms with Gasteiger partial charge in [0.25, 0.3) is 5.91 Å². The van der Waals surface area contributed by atoms with Crippen molar-refractivity contribution in [3.8, 4) is 0 Å². The van der Waals surface area contributed by atoms with Gasteiger partial charge in [0.05, 0.1) is 5.56 Å². The van der Waals surface area contributed by atoms with Gasteiger partial charge in [-0.15, -0.1) is 0 Å². The first-order valence-electron chi connectivity index (χ1n) is 8.51. The fourth-order valence-corrected chi connectivity index (χ4v) is 3.57. The van der Waals surface area contributed by atoms with Gasteiger partial charge in [0, 0.05) is 22.5 Å². The van der Waals surface area contributed by atoms with Crippen molar-refractivity contribution in [2.75, 3.05) is 5.43 Å². The molecule has 0 spiro atoms. The quantitative estimate of drug-likeness (QED) is 0.652. The molecule has 0 atom stereocenters. The van der Waals surface area contributed by atoms with Crippen molar-refractivity contribution in [1.29, 1.82) is 0 Å². The summed E-state index contributed by atoms with van der Waals surface area (Å²) >= 11 is 1.47. The summed E-state index contributed by atoms with van der Waals surface area (Å²) in [7, 11) is 0. The average Bonchev–Trinajstić information content (AvgIpc) is 2.62. The Morgan fingerprint density at radius 1 is 1.00 bits per heavy atom. The van der Waals surface area contributed by atoms with E-state index in [0.717, 1.165) is 21.8 Å². The summed E-state index contributed by atoms with van der Waals surface area (Å²) in [5, 5.41) is 0.644. The van der Waals surface area contributed by atoms with Crippen LogP contribution in [-0.2, 0) is 0 Å². The Morgan fingerprint density at radius 3 is 2.44 bits per heavy atom. The van der Waals surface area contributed by atoms with Crippen molar-refractivity contribution < 1.29 is 4.79 Å². The van der Waals surface area contributed by atoms with E-state index in [4.69, 9.17) is 0 Å². The molecule has 0 saturated carbocycles. The standard InChI is InChI=1S/C20H21N5OS/c1-12-7-8-17(13(2)10-12)27-19-16(6-5-9-21-19)18(26)24-25-20-22-14(3)11-15(4)23-20/h5-11H,1-4H3,(H,24,26)(H,22,23,25). The summed E-state index contributed by atoms with van der Waals surface area (Å²) in [6.45, 7) is 7.86. The first kappa shape index (κ1) is 18.8. The van der Waals surface area contributed by atoms with E-state index in [9.17, 15) is 4.79 Å². The number of pyridine rings is 1. The van der Waals surface area contributed by atoms with E-state index >= 15 is 0 Å². The fourth-order valence-electron chi connectivity index (χ4n) is 2.62. The number of nitrogens with one attached hydrogen (secondary N) is 2. The zero-order chi connectivity index (χ0) is 19.4. The Hall–Kier alpha value is -2.93. The predicted molar refractivity (Wildman–Crippen MR) is 107 cm³/mol. The Labute approximate surface area is 162 Å². The van der Waals surface area contributed by atoms with E-state index in [1.54, 1.807) is 18.3 Å². The lowest BCUT2D eigenvalue weighted by Gasteiger charge is -2.11. The van der Waals surface area contributed by atoms with E-state index in [2.05, 4.69) is 51.8 Å². The van der Waals surface area contributed by atoms with E-state index in [1.807, 2.05) is 26.0 Å². The van der Waals surface area contributed by atoms with Gasteiger partial charge in [-0.25, -0.2) is 15.0 Å². The lowest BCUT2D eigenvalue weighted by Crippen LogP contribution is -2.31. The first-order chi connectivity index (χ1) is 12.9. The molecule has 3 rings (SSSR count). The molecule has 1 amide bonds. The molecule has 0 bridgehead atoms. The van der Waals surface area contributed by atoms with Crippen LogP contribution in [0.1, 0.15) is 32.9 Å². The van der Waals surface area contributed by atoms with Gasteiger partial charge >= 0.3 is 0 Å². The largest absolute Gasteiger partial charge is 0.272 e. The molecule has 0 unspecified atom stereocenters. The number of carbonyl (C=O) groups is 1. The molecule has 0 saturated heterocycles. The van der Waals surface area contributed by atoms with E-state index in [0.29, 0.717) is 16.5 Å². The molecule has 0 aliphatic carbocycles. The summed E-state index contributed by atoms with van der Waals surface area (Å²) in [6.07, 6.45) is 1.68. The molecule has 138 valence electrons. The molecule has 1 aromatic carbocycles. The molecule has 0 aliphatic rings. The highest BCUT2D eigenvalue weighted by atomic mass is 32.2. The maximum absolute atomic E-state index is 12.7. The van der Waals surface area contributed by atoms with Crippen LogP contribution in [0, 0.1) is 27.7 Å². The minimum Gasteiger partial charge on any atom is -0.267 e. The molecular formula is C20H21N5OS. The van der Waals surface area contributed by atoms with Crippen LogP contribution in [0.4, 0.5) is 5.95 Å². The van der Waals surface area contributed by atoms with Crippen LogP contribution in [0.5, 0.6) is 0 Å². The van der Waals surface area contributed by atoms with Crippen LogP contribution < -0.4 is 10.9 Å². The molecule has 3 aromatic rings. The van der Waals surface area contributed by atoms with E-state index in [1.165, 1.54) is 17.3 Å². The lowest BCUT2D eigenvalue weighted by molar-refractivity contribution is 0.0958. The van der Waals surface area contributed by atoms with Crippen LogP contribution in [-0.4, -0.2) is 20.9 Å². The van der Waals surface area contributed by atoms with Crippen molar-refractivity contribution in [2.45, 2.75) is 37.6 Å². The van der Waals surface area contributed by atoms with Crippen molar-refractivity contribution in [3.63, 3.8) is 0 Å². The average molecular weight is 379 g/mol. The molecule has 27 heavy (non-hydrogen) atoms. The van der Waals surface area contributed by atoms with Gasteiger partial charge in [-0.1, -0.05) is 29.5 Å². The van der Waals surface area contributed by atoms with Gasteiger partial charge in [-0.2, -0.15) is 0 Å². The van der Waals surface area contributed by atoms with Crippen LogP contribution in [0.3, 0.4) is 0 Å². The Balaban J connectivity index is 1.77. The maximum Gasteiger partial charge on any atom is 0.272 e. The molecule has 7 heteroatoms. The normalized spacial score (nSPS) is 10.5. The molecular weight excluding hydrogens is 358 g/mol. The first-order valence-corrected chi connectivity index (χ1v) is 9.33. The highest BCUT2D eigenvalue weighted by Crippen LogP contribution is 2.31. The van der Waals surface area contributed by atoms with Crippen molar-refractivity contribution in [3.05, 3.63) is 70.7 Å². The van der Waals surface area contributed by atoms with Gasteiger partial charge in [0.1, 0.15) is 5.03 Å². The summed E-state index contributed by atoms with van der Waals surface area (Å²) in [5.74, 6) is 0.0615. The summed E-state index contributed by atoms with van der Waals surface area (Å²) in [5.41, 5.74) is 9.92.